The predicted molar refractivity (Wildman–Crippen MR) is 73.6 cm³/mol. The van der Waals surface area contributed by atoms with Gasteiger partial charge in [0, 0.05) is 24.2 Å². The Labute approximate surface area is 118 Å². The van der Waals surface area contributed by atoms with Crippen molar-refractivity contribution >= 4 is 5.91 Å². The minimum atomic E-state index is -0.677. The van der Waals surface area contributed by atoms with Gasteiger partial charge in [-0.1, -0.05) is 13.8 Å². The first-order valence-electron chi connectivity index (χ1n) is 6.84. The monoisotopic (exact) mass is 275 g/mol. The van der Waals surface area contributed by atoms with E-state index in [-0.39, 0.29) is 5.91 Å². The van der Waals surface area contributed by atoms with Crippen molar-refractivity contribution in [1.82, 2.24) is 9.80 Å². The predicted octanol–water partition coefficient (Wildman–Crippen LogP) is 2.19. The fraction of sp³-hybridized carbons (Fsp3) is 0.467. The molecular formula is C15H18FN3O. The van der Waals surface area contributed by atoms with Gasteiger partial charge >= 0.3 is 0 Å². The van der Waals surface area contributed by atoms with Crippen molar-refractivity contribution in [3.05, 3.63) is 35.1 Å². The van der Waals surface area contributed by atoms with Gasteiger partial charge in [-0.15, -0.1) is 0 Å². The Morgan fingerprint density at radius 3 is 2.70 bits per heavy atom. The van der Waals surface area contributed by atoms with E-state index in [2.05, 4.69) is 24.8 Å². The van der Waals surface area contributed by atoms with E-state index in [0.29, 0.717) is 24.2 Å². The second kappa shape index (κ2) is 6.02. The molecule has 0 N–H and O–H groups in total. The molecule has 1 aliphatic heterocycles. The third kappa shape index (κ3) is 2.52. The van der Waals surface area contributed by atoms with Gasteiger partial charge in [0.05, 0.1) is 6.07 Å². The van der Waals surface area contributed by atoms with Gasteiger partial charge < -0.3 is 9.80 Å². The highest BCUT2D eigenvalue weighted by atomic mass is 19.1. The topological polar surface area (TPSA) is 47.3 Å². The highest BCUT2D eigenvalue weighted by Crippen LogP contribution is 2.33. The van der Waals surface area contributed by atoms with E-state index in [0.717, 1.165) is 13.1 Å². The number of halogens is 1. The van der Waals surface area contributed by atoms with Crippen LogP contribution in [0, 0.1) is 17.1 Å². The Morgan fingerprint density at radius 1 is 1.40 bits per heavy atom. The Kier molecular flexibility index (Phi) is 4.35. The van der Waals surface area contributed by atoms with Crippen LogP contribution in [0.3, 0.4) is 0 Å². The summed E-state index contributed by atoms with van der Waals surface area (Å²) >= 11 is 0. The van der Waals surface area contributed by atoms with Gasteiger partial charge in [0.2, 0.25) is 0 Å². The Bertz CT molecular complexity index is 549. The van der Waals surface area contributed by atoms with E-state index < -0.39 is 11.9 Å². The van der Waals surface area contributed by atoms with Crippen molar-refractivity contribution in [1.29, 1.82) is 5.26 Å². The molecule has 0 fully saturated rings. The molecule has 1 aromatic rings. The smallest absolute Gasteiger partial charge is 0.255 e. The van der Waals surface area contributed by atoms with Crippen molar-refractivity contribution in [3.63, 3.8) is 0 Å². The summed E-state index contributed by atoms with van der Waals surface area (Å²) in [7, 11) is 0. The van der Waals surface area contributed by atoms with Crippen LogP contribution in [0.2, 0.25) is 0 Å². The van der Waals surface area contributed by atoms with Gasteiger partial charge in [-0.2, -0.15) is 5.26 Å². The molecule has 2 rings (SSSR count). The number of carbonyl (C=O) groups is 1. The third-order valence-corrected chi connectivity index (χ3v) is 3.78. The van der Waals surface area contributed by atoms with Gasteiger partial charge in [0.15, 0.2) is 0 Å². The number of nitriles is 1. The molecule has 1 amide bonds. The van der Waals surface area contributed by atoms with Crippen molar-refractivity contribution in [2.45, 2.75) is 19.9 Å². The van der Waals surface area contributed by atoms with Crippen LogP contribution in [0.4, 0.5) is 4.39 Å². The summed E-state index contributed by atoms with van der Waals surface area (Å²) in [5.74, 6) is -0.596. The second-order valence-electron chi connectivity index (χ2n) is 4.79. The van der Waals surface area contributed by atoms with Crippen molar-refractivity contribution in [2.75, 3.05) is 26.2 Å². The lowest BCUT2D eigenvalue weighted by molar-refractivity contribution is 0.0738. The van der Waals surface area contributed by atoms with E-state index >= 15 is 0 Å². The number of fused-ring (bicyclic) bond motifs is 1. The molecule has 20 heavy (non-hydrogen) atoms. The summed E-state index contributed by atoms with van der Waals surface area (Å²) in [6.45, 7) is 7.11. The largest absolute Gasteiger partial charge is 0.317 e. The maximum Gasteiger partial charge on any atom is 0.255 e. The summed E-state index contributed by atoms with van der Waals surface area (Å²) < 4.78 is 13.3. The van der Waals surface area contributed by atoms with E-state index in [1.54, 1.807) is 0 Å². The SMILES string of the molecule is CCN(CC)CCN1C(=O)c2ccc(F)cc2C1C#N. The zero-order valence-electron chi connectivity index (χ0n) is 11.8. The van der Waals surface area contributed by atoms with Crippen LogP contribution in [0.25, 0.3) is 0 Å². The molecule has 106 valence electrons. The number of rotatable bonds is 5. The first kappa shape index (κ1) is 14.5. The maximum absolute atomic E-state index is 13.3. The number of benzene rings is 1. The lowest BCUT2D eigenvalue weighted by Gasteiger charge is -2.24. The molecule has 5 heteroatoms. The summed E-state index contributed by atoms with van der Waals surface area (Å²) in [5.41, 5.74) is 0.926. The average Bonchev–Trinajstić information content (AvgIpc) is 2.71. The molecule has 4 nitrogen and oxygen atoms in total. The van der Waals surface area contributed by atoms with E-state index in [1.807, 2.05) is 0 Å². The van der Waals surface area contributed by atoms with Crippen LogP contribution in [0.1, 0.15) is 35.8 Å². The minimum Gasteiger partial charge on any atom is -0.317 e. The van der Waals surface area contributed by atoms with Crippen LogP contribution in [-0.4, -0.2) is 41.9 Å². The molecule has 0 saturated heterocycles. The van der Waals surface area contributed by atoms with Crippen LogP contribution in [-0.2, 0) is 0 Å². The lowest BCUT2D eigenvalue weighted by Crippen LogP contribution is -2.36. The molecule has 0 radical (unpaired) electrons. The van der Waals surface area contributed by atoms with E-state index in [9.17, 15) is 14.4 Å². The zero-order valence-corrected chi connectivity index (χ0v) is 11.8. The number of hydrogen-bond acceptors (Lipinski definition) is 3. The Hall–Kier alpha value is -1.93. The third-order valence-electron chi connectivity index (χ3n) is 3.78. The van der Waals surface area contributed by atoms with Gasteiger partial charge in [0.1, 0.15) is 11.9 Å². The molecule has 0 saturated carbocycles. The molecule has 1 atom stereocenters. The lowest BCUT2D eigenvalue weighted by atomic mass is 10.1. The first-order valence-corrected chi connectivity index (χ1v) is 6.84. The number of likely N-dealkylation sites (N-methyl/N-ethyl adjacent to an activating group) is 1. The van der Waals surface area contributed by atoms with Gasteiger partial charge in [-0.3, -0.25) is 4.79 Å². The summed E-state index contributed by atoms with van der Waals surface area (Å²) in [4.78, 5) is 16.0. The van der Waals surface area contributed by atoms with Crippen LogP contribution >= 0.6 is 0 Å². The number of nitrogens with zero attached hydrogens (tertiary/aromatic N) is 3. The van der Waals surface area contributed by atoms with Crippen molar-refractivity contribution in [3.8, 4) is 6.07 Å². The average molecular weight is 275 g/mol. The Morgan fingerprint density at radius 2 is 2.10 bits per heavy atom. The van der Waals surface area contributed by atoms with E-state index in [1.165, 1.54) is 23.1 Å². The van der Waals surface area contributed by atoms with Crippen LogP contribution < -0.4 is 0 Å². The molecular weight excluding hydrogens is 257 g/mol. The normalized spacial score (nSPS) is 17.4. The second-order valence-corrected chi connectivity index (χ2v) is 4.79. The summed E-state index contributed by atoms with van der Waals surface area (Å²) in [6, 6.07) is 5.45. The van der Waals surface area contributed by atoms with Gasteiger partial charge in [-0.25, -0.2) is 4.39 Å². The molecule has 1 heterocycles. The number of carbonyl (C=O) groups excluding carboxylic acids is 1. The van der Waals surface area contributed by atoms with Crippen molar-refractivity contribution in [2.24, 2.45) is 0 Å². The van der Waals surface area contributed by atoms with E-state index in [4.69, 9.17) is 0 Å². The Balaban J connectivity index is 2.20. The number of amides is 1. The molecule has 0 bridgehead atoms. The highest BCUT2D eigenvalue weighted by molar-refractivity contribution is 5.99. The maximum atomic E-state index is 13.3. The molecule has 0 aromatic heterocycles. The minimum absolute atomic E-state index is 0.182. The van der Waals surface area contributed by atoms with Crippen LogP contribution in [0.15, 0.2) is 18.2 Å². The standard InChI is InChI=1S/C15H18FN3O/c1-3-18(4-2)7-8-19-14(10-17)13-9-11(16)5-6-12(13)15(19)20/h5-6,9,14H,3-4,7-8H2,1-2H3. The zero-order chi connectivity index (χ0) is 14.7. The summed E-state index contributed by atoms with van der Waals surface area (Å²) in [5, 5.41) is 9.29. The molecule has 0 aliphatic carbocycles. The highest BCUT2D eigenvalue weighted by Gasteiger charge is 2.36. The van der Waals surface area contributed by atoms with Gasteiger partial charge in [0.25, 0.3) is 5.91 Å². The molecule has 0 spiro atoms. The molecule has 1 unspecified atom stereocenters. The van der Waals surface area contributed by atoms with Crippen LogP contribution in [0.5, 0.6) is 0 Å². The fourth-order valence-corrected chi connectivity index (χ4v) is 2.55. The fourth-order valence-electron chi connectivity index (χ4n) is 2.55. The quantitative estimate of drug-likeness (QED) is 0.827. The first-order chi connectivity index (χ1) is 9.62. The van der Waals surface area contributed by atoms with Crippen molar-refractivity contribution < 1.29 is 9.18 Å². The van der Waals surface area contributed by atoms with Gasteiger partial charge in [-0.05, 0) is 31.3 Å². The summed E-state index contributed by atoms with van der Waals surface area (Å²) in [6.07, 6.45) is 0. The molecule has 1 aliphatic rings. The number of hydrogen-bond donors (Lipinski definition) is 0. The molecule has 1 aromatic carbocycles.